The Hall–Kier alpha value is -1.51. The van der Waals surface area contributed by atoms with Gasteiger partial charge in [0.15, 0.2) is 6.17 Å². The summed E-state index contributed by atoms with van der Waals surface area (Å²) in [5, 5.41) is 18.4. The van der Waals surface area contributed by atoms with Crippen LogP contribution in [0.2, 0.25) is 0 Å². The van der Waals surface area contributed by atoms with E-state index in [2.05, 4.69) is 0 Å². The molecular formula is C10H13FN2O5. The largest absolute Gasteiger partial charge is 0.394 e. The van der Waals surface area contributed by atoms with Crippen molar-refractivity contribution in [1.29, 1.82) is 0 Å². The maximum Gasteiger partial charge on any atom is 0.328 e. The molecule has 100 valence electrons. The first-order valence-corrected chi connectivity index (χ1v) is 5.34. The van der Waals surface area contributed by atoms with Gasteiger partial charge in [0.25, 0.3) is 5.56 Å². The highest BCUT2D eigenvalue weighted by atomic mass is 19.1. The number of rotatable bonds is 2. The van der Waals surface area contributed by atoms with Crippen molar-refractivity contribution in [1.82, 2.24) is 9.55 Å². The summed E-state index contributed by atoms with van der Waals surface area (Å²) in [4.78, 5) is 24.7. The van der Waals surface area contributed by atoms with Gasteiger partial charge in [0.05, 0.1) is 12.2 Å². The number of aromatic amines is 1. The monoisotopic (exact) mass is 260 g/mol. The Morgan fingerprint density at radius 2 is 2.22 bits per heavy atom. The summed E-state index contributed by atoms with van der Waals surface area (Å²) in [7, 11) is 1.39. The summed E-state index contributed by atoms with van der Waals surface area (Å²) in [6.07, 6.45) is -4.56. The lowest BCUT2D eigenvalue weighted by Crippen LogP contribution is -2.33. The number of H-pyrrole nitrogens is 1. The molecule has 1 aliphatic heterocycles. The molecule has 4 atom stereocenters. The molecule has 3 N–H and O–H groups in total. The lowest BCUT2D eigenvalue weighted by Gasteiger charge is -2.12. The summed E-state index contributed by atoms with van der Waals surface area (Å²) in [6, 6.07) is 0. The molecule has 0 aromatic carbocycles. The van der Waals surface area contributed by atoms with Gasteiger partial charge in [-0.15, -0.1) is 0 Å². The van der Waals surface area contributed by atoms with Crippen LogP contribution in [0.1, 0.15) is 11.7 Å². The van der Waals surface area contributed by atoms with Gasteiger partial charge in [0, 0.05) is 13.2 Å². The first-order chi connectivity index (χ1) is 8.45. The Balaban J connectivity index is 2.42. The van der Waals surface area contributed by atoms with Gasteiger partial charge in [-0.25, -0.2) is 9.18 Å². The zero-order chi connectivity index (χ0) is 13.4. The van der Waals surface area contributed by atoms with Gasteiger partial charge < -0.3 is 19.5 Å². The zero-order valence-electron chi connectivity index (χ0n) is 9.54. The van der Waals surface area contributed by atoms with Gasteiger partial charge in [0.1, 0.15) is 18.3 Å². The van der Waals surface area contributed by atoms with Gasteiger partial charge in [0.2, 0.25) is 0 Å². The minimum atomic E-state index is -1.83. The normalized spacial score (nSPS) is 31.8. The van der Waals surface area contributed by atoms with Crippen molar-refractivity contribution in [2.24, 2.45) is 7.05 Å². The minimum Gasteiger partial charge on any atom is -0.394 e. The van der Waals surface area contributed by atoms with Crippen molar-refractivity contribution in [2.75, 3.05) is 6.61 Å². The molecule has 8 heteroatoms. The molecule has 0 aliphatic carbocycles. The van der Waals surface area contributed by atoms with Crippen LogP contribution in [0.3, 0.4) is 0 Å². The fourth-order valence-corrected chi connectivity index (χ4v) is 1.91. The molecule has 2 heterocycles. The fourth-order valence-electron chi connectivity index (χ4n) is 1.91. The maximum atomic E-state index is 13.8. The number of hydrogen-bond acceptors (Lipinski definition) is 5. The van der Waals surface area contributed by atoms with Gasteiger partial charge >= 0.3 is 5.69 Å². The van der Waals surface area contributed by atoms with E-state index in [1.807, 2.05) is 4.98 Å². The highest BCUT2D eigenvalue weighted by Gasteiger charge is 2.45. The number of aromatic nitrogens is 2. The third kappa shape index (κ3) is 1.98. The molecule has 1 aromatic heterocycles. The summed E-state index contributed by atoms with van der Waals surface area (Å²) in [5.41, 5.74) is -1.49. The van der Waals surface area contributed by atoms with Crippen LogP contribution in [0.4, 0.5) is 4.39 Å². The van der Waals surface area contributed by atoms with Crippen LogP contribution in [0, 0.1) is 0 Å². The number of alkyl halides is 1. The highest BCUT2D eigenvalue weighted by molar-refractivity contribution is 5.14. The van der Waals surface area contributed by atoms with E-state index in [4.69, 9.17) is 9.84 Å². The predicted octanol–water partition coefficient (Wildman–Crippen LogP) is -1.80. The summed E-state index contributed by atoms with van der Waals surface area (Å²) < 4.78 is 20.0. The minimum absolute atomic E-state index is 0.0976. The Morgan fingerprint density at radius 3 is 2.78 bits per heavy atom. The molecule has 0 radical (unpaired) electrons. The molecule has 0 spiro atoms. The maximum absolute atomic E-state index is 13.8. The third-order valence-corrected chi connectivity index (χ3v) is 2.94. The van der Waals surface area contributed by atoms with Gasteiger partial charge in [-0.2, -0.15) is 0 Å². The van der Waals surface area contributed by atoms with Gasteiger partial charge in [-0.1, -0.05) is 0 Å². The average Bonchev–Trinajstić information content (AvgIpc) is 2.61. The Kier molecular flexibility index (Phi) is 3.33. The van der Waals surface area contributed by atoms with E-state index in [9.17, 15) is 19.1 Å². The van der Waals surface area contributed by atoms with Crippen LogP contribution in [0.25, 0.3) is 0 Å². The molecule has 1 fully saturated rings. The molecule has 1 saturated heterocycles. The molecule has 0 bridgehead atoms. The van der Waals surface area contributed by atoms with E-state index < -0.39 is 42.3 Å². The van der Waals surface area contributed by atoms with Crippen LogP contribution >= 0.6 is 0 Å². The summed E-state index contributed by atoms with van der Waals surface area (Å²) >= 11 is 0. The smallest absolute Gasteiger partial charge is 0.328 e. The second-order valence-corrected chi connectivity index (χ2v) is 4.17. The van der Waals surface area contributed by atoms with Crippen molar-refractivity contribution in [3.8, 4) is 0 Å². The summed E-state index contributed by atoms with van der Waals surface area (Å²) in [6.45, 7) is -0.554. The molecule has 1 aliphatic rings. The van der Waals surface area contributed by atoms with E-state index in [-0.39, 0.29) is 5.56 Å². The molecule has 4 unspecified atom stereocenters. The van der Waals surface area contributed by atoms with Crippen LogP contribution in [-0.4, -0.2) is 44.8 Å². The van der Waals surface area contributed by atoms with Crippen LogP contribution in [0.15, 0.2) is 15.8 Å². The van der Waals surface area contributed by atoms with Gasteiger partial charge in [-0.3, -0.25) is 9.78 Å². The first-order valence-electron chi connectivity index (χ1n) is 5.34. The van der Waals surface area contributed by atoms with Crippen LogP contribution < -0.4 is 11.2 Å². The van der Waals surface area contributed by atoms with E-state index >= 15 is 0 Å². The average molecular weight is 260 g/mol. The molecule has 7 nitrogen and oxygen atoms in total. The molecule has 18 heavy (non-hydrogen) atoms. The summed E-state index contributed by atoms with van der Waals surface area (Å²) in [5.74, 6) is 0. The second-order valence-electron chi connectivity index (χ2n) is 4.17. The molecule has 0 saturated carbocycles. The van der Waals surface area contributed by atoms with Crippen molar-refractivity contribution in [2.45, 2.75) is 24.5 Å². The number of halogens is 1. The number of ether oxygens (including phenoxy) is 1. The van der Waals surface area contributed by atoms with Crippen LogP contribution in [0.5, 0.6) is 0 Å². The van der Waals surface area contributed by atoms with Crippen molar-refractivity contribution in [3.63, 3.8) is 0 Å². The Bertz CT molecular complexity index is 554. The standard InChI is InChI=1S/C10H13FN2O5/c1-13-2-4(9(16)12-10(13)17)8-6(11)7(15)5(3-14)18-8/h2,5-8,14-15H,3H2,1H3,(H,12,16,17). The third-order valence-electron chi connectivity index (χ3n) is 2.94. The highest BCUT2D eigenvalue weighted by Crippen LogP contribution is 2.33. The molecular weight excluding hydrogens is 247 g/mol. The van der Waals surface area contributed by atoms with Crippen molar-refractivity contribution < 1.29 is 19.3 Å². The molecule has 2 rings (SSSR count). The quantitative estimate of drug-likeness (QED) is 0.582. The number of aliphatic hydroxyl groups excluding tert-OH is 2. The lowest BCUT2D eigenvalue weighted by molar-refractivity contribution is -0.0231. The van der Waals surface area contributed by atoms with Crippen molar-refractivity contribution in [3.05, 3.63) is 32.6 Å². The topological polar surface area (TPSA) is 105 Å². The molecule has 1 aromatic rings. The van der Waals surface area contributed by atoms with E-state index in [1.54, 1.807) is 0 Å². The number of aryl methyl sites for hydroxylation is 1. The van der Waals surface area contributed by atoms with E-state index in [0.717, 1.165) is 10.8 Å². The SMILES string of the molecule is Cn1cc(C2OC(CO)C(O)C2F)c(=O)[nH]c1=O. The number of hydrogen-bond donors (Lipinski definition) is 3. The lowest BCUT2D eigenvalue weighted by atomic mass is 10.1. The Labute approximate surface area is 100 Å². The number of nitrogens with one attached hydrogen (secondary N) is 1. The number of nitrogens with zero attached hydrogens (tertiary/aromatic N) is 1. The van der Waals surface area contributed by atoms with Crippen LogP contribution in [-0.2, 0) is 11.8 Å². The molecule has 0 amide bonds. The fraction of sp³-hybridized carbons (Fsp3) is 0.600. The second kappa shape index (κ2) is 4.63. The Morgan fingerprint density at radius 1 is 1.56 bits per heavy atom. The first kappa shape index (κ1) is 12.9. The predicted molar refractivity (Wildman–Crippen MR) is 57.9 cm³/mol. The van der Waals surface area contributed by atoms with E-state index in [0.29, 0.717) is 0 Å². The van der Waals surface area contributed by atoms with Gasteiger partial charge in [-0.05, 0) is 0 Å². The zero-order valence-corrected chi connectivity index (χ0v) is 9.54. The number of aliphatic hydroxyl groups is 2. The van der Waals surface area contributed by atoms with Crippen molar-refractivity contribution >= 4 is 0 Å². The van der Waals surface area contributed by atoms with E-state index in [1.165, 1.54) is 7.05 Å².